The minimum absolute atomic E-state index is 0.0536. The van der Waals surface area contributed by atoms with Crippen molar-refractivity contribution in [3.8, 4) is 0 Å². The van der Waals surface area contributed by atoms with Gasteiger partial charge < -0.3 is 10.1 Å². The highest BCUT2D eigenvalue weighted by molar-refractivity contribution is 5.92. The second-order valence-corrected chi connectivity index (χ2v) is 5.52. The van der Waals surface area contributed by atoms with E-state index in [2.05, 4.69) is 11.9 Å². The van der Waals surface area contributed by atoms with E-state index in [0.29, 0.717) is 17.0 Å². The third-order valence-corrected chi connectivity index (χ3v) is 4.04. The molecule has 2 atom stereocenters. The van der Waals surface area contributed by atoms with E-state index in [-0.39, 0.29) is 11.6 Å². The van der Waals surface area contributed by atoms with E-state index < -0.39 is 17.1 Å². The standard InChI is InChI=1S/C15H16N2O4/c1-2-3-8-7-12(8)17-11-5-4-9(15(20)21)6-10(11)16-13(18)14(17)19/h4-6,8,12H,2-3,7H2,1H3,(H,16,18)(H,20,21). The van der Waals surface area contributed by atoms with Crippen molar-refractivity contribution in [3.05, 3.63) is 44.5 Å². The SMILES string of the molecule is CCCC1CC1n1c(=O)c(=O)[nH]c2cc(C(=O)O)ccc21. The summed E-state index contributed by atoms with van der Waals surface area (Å²) in [5, 5.41) is 9.01. The summed E-state index contributed by atoms with van der Waals surface area (Å²) in [4.78, 5) is 37.4. The first kappa shape index (κ1) is 13.6. The summed E-state index contributed by atoms with van der Waals surface area (Å²) in [7, 11) is 0. The van der Waals surface area contributed by atoms with Crippen molar-refractivity contribution in [2.45, 2.75) is 32.2 Å². The van der Waals surface area contributed by atoms with Crippen molar-refractivity contribution in [1.29, 1.82) is 0 Å². The molecule has 0 spiro atoms. The average Bonchev–Trinajstić information content (AvgIpc) is 3.19. The van der Waals surface area contributed by atoms with Gasteiger partial charge in [0.05, 0.1) is 16.6 Å². The van der Waals surface area contributed by atoms with E-state index in [4.69, 9.17) is 5.11 Å². The first-order valence-corrected chi connectivity index (χ1v) is 7.04. The number of hydrogen-bond donors (Lipinski definition) is 2. The van der Waals surface area contributed by atoms with Crippen LogP contribution >= 0.6 is 0 Å². The Morgan fingerprint density at radius 2 is 2.19 bits per heavy atom. The van der Waals surface area contributed by atoms with E-state index >= 15 is 0 Å². The number of rotatable bonds is 4. The van der Waals surface area contributed by atoms with Crippen LogP contribution in [-0.2, 0) is 0 Å². The molecule has 6 nitrogen and oxygen atoms in total. The molecule has 1 aliphatic rings. The molecule has 3 rings (SSSR count). The minimum Gasteiger partial charge on any atom is -0.478 e. The number of H-pyrrole nitrogens is 1. The highest BCUT2D eigenvalue weighted by Crippen LogP contribution is 2.46. The summed E-state index contributed by atoms with van der Waals surface area (Å²) >= 11 is 0. The number of carboxylic acid groups (broad SMARTS) is 1. The third kappa shape index (κ3) is 2.26. The molecule has 1 aromatic carbocycles. The number of nitrogens with one attached hydrogen (secondary N) is 1. The first-order valence-electron chi connectivity index (χ1n) is 7.04. The smallest absolute Gasteiger partial charge is 0.335 e. The molecule has 2 unspecified atom stereocenters. The van der Waals surface area contributed by atoms with E-state index in [9.17, 15) is 14.4 Å². The minimum atomic E-state index is -1.06. The molecule has 2 N–H and O–H groups in total. The van der Waals surface area contributed by atoms with Gasteiger partial charge in [-0.15, -0.1) is 0 Å². The topological polar surface area (TPSA) is 92.2 Å². The van der Waals surface area contributed by atoms with Gasteiger partial charge in [-0.05, 0) is 37.0 Å². The monoisotopic (exact) mass is 288 g/mol. The average molecular weight is 288 g/mol. The summed E-state index contributed by atoms with van der Waals surface area (Å²) in [6.07, 6.45) is 2.96. The van der Waals surface area contributed by atoms with Gasteiger partial charge >= 0.3 is 17.1 Å². The Morgan fingerprint density at radius 1 is 1.43 bits per heavy atom. The van der Waals surface area contributed by atoms with E-state index in [1.54, 1.807) is 6.07 Å². The molecular formula is C15H16N2O4. The molecule has 0 radical (unpaired) electrons. The molecule has 21 heavy (non-hydrogen) atoms. The van der Waals surface area contributed by atoms with Crippen LogP contribution < -0.4 is 11.1 Å². The molecule has 1 fully saturated rings. The Kier molecular flexibility index (Phi) is 3.16. The zero-order valence-electron chi connectivity index (χ0n) is 11.6. The Labute approximate surface area is 120 Å². The van der Waals surface area contributed by atoms with Gasteiger partial charge in [-0.2, -0.15) is 0 Å². The molecule has 1 heterocycles. The quantitative estimate of drug-likeness (QED) is 0.838. The van der Waals surface area contributed by atoms with Crippen molar-refractivity contribution < 1.29 is 9.90 Å². The summed E-state index contributed by atoms with van der Waals surface area (Å²) in [6.45, 7) is 2.09. The van der Waals surface area contributed by atoms with Gasteiger partial charge in [-0.1, -0.05) is 13.3 Å². The maximum Gasteiger partial charge on any atom is 0.335 e. The number of aromatic nitrogens is 2. The zero-order chi connectivity index (χ0) is 15.1. The van der Waals surface area contributed by atoms with Crippen LogP contribution in [0.4, 0.5) is 0 Å². The Morgan fingerprint density at radius 3 is 2.86 bits per heavy atom. The lowest BCUT2D eigenvalue weighted by molar-refractivity contribution is 0.0697. The Balaban J connectivity index is 2.19. The maximum absolute atomic E-state index is 12.1. The molecule has 110 valence electrons. The van der Waals surface area contributed by atoms with Crippen LogP contribution in [0.3, 0.4) is 0 Å². The van der Waals surface area contributed by atoms with Crippen LogP contribution in [0.25, 0.3) is 11.0 Å². The van der Waals surface area contributed by atoms with E-state index in [0.717, 1.165) is 19.3 Å². The highest BCUT2D eigenvalue weighted by Gasteiger charge is 2.39. The third-order valence-electron chi connectivity index (χ3n) is 4.04. The van der Waals surface area contributed by atoms with Gasteiger partial charge in [0, 0.05) is 6.04 Å². The molecule has 0 saturated heterocycles. The van der Waals surface area contributed by atoms with Crippen molar-refractivity contribution in [2.24, 2.45) is 5.92 Å². The van der Waals surface area contributed by atoms with Crippen LogP contribution in [0, 0.1) is 5.92 Å². The number of nitrogens with zero attached hydrogens (tertiary/aromatic N) is 1. The number of aromatic carboxylic acids is 1. The molecule has 6 heteroatoms. The van der Waals surface area contributed by atoms with Crippen molar-refractivity contribution >= 4 is 17.0 Å². The van der Waals surface area contributed by atoms with Crippen molar-refractivity contribution in [1.82, 2.24) is 9.55 Å². The molecule has 0 aliphatic heterocycles. The van der Waals surface area contributed by atoms with Gasteiger partial charge in [-0.3, -0.25) is 14.2 Å². The second-order valence-electron chi connectivity index (χ2n) is 5.52. The zero-order valence-corrected chi connectivity index (χ0v) is 11.6. The number of fused-ring (bicyclic) bond motifs is 1. The van der Waals surface area contributed by atoms with Crippen LogP contribution in [-0.4, -0.2) is 20.6 Å². The molecule has 1 saturated carbocycles. The molecular weight excluding hydrogens is 272 g/mol. The second kappa shape index (κ2) is 4.87. The van der Waals surface area contributed by atoms with Crippen LogP contribution in [0.15, 0.2) is 27.8 Å². The summed E-state index contributed by atoms with van der Waals surface area (Å²) in [5.41, 5.74) is -0.194. The first-order chi connectivity index (χ1) is 10.0. The molecule has 0 amide bonds. The van der Waals surface area contributed by atoms with Crippen LogP contribution in [0.5, 0.6) is 0 Å². The normalized spacial score (nSPS) is 20.6. The van der Waals surface area contributed by atoms with Gasteiger partial charge in [0.25, 0.3) is 0 Å². The molecule has 1 aliphatic carbocycles. The number of carbonyl (C=O) groups is 1. The summed E-state index contributed by atoms with van der Waals surface area (Å²) in [6, 6.07) is 4.50. The number of hydrogen-bond acceptors (Lipinski definition) is 3. The van der Waals surface area contributed by atoms with Crippen molar-refractivity contribution in [2.75, 3.05) is 0 Å². The number of carboxylic acids is 1. The van der Waals surface area contributed by atoms with Gasteiger partial charge in [0.2, 0.25) is 0 Å². The van der Waals surface area contributed by atoms with E-state index in [1.165, 1.54) is 16.7 Å². The van der Waals surface area contributed by atoms with Gasteiger partial charge in [-0.25, -0.2) is 4.79 Å². The predicted octanol–water partition coefficient (Wildman–Crippen LogP) is 1.75. The van der Waals surface area contributed by atoms with Gasteiger partial charge in [0.1, 0.15) is 0 Å². The lowest BCUT2D eigenvalue weighted by atomic mass is 10.2. The summed E-state index contributed by atoms with van der Waals surface area (Å²) < 4.78 is 1.53. The largest absolute Gasteiger partial charge is 0.478 e. The highest BCUT2D eigenvalue weighted by atomic mass is 16.4. The van der Waals surface area contributed by atoms with E-state index in [1.807, 2.05) is 0 Å². The van der Waals surface area contributed by atoms with Gasteiger partial charge in [0.15, 0.2) is 0 Å². The Bertz CT molecular complexity index is 834. The fraction of sp³-hybridized carbons (Fsp3) is 0.400. The van der Waals surface area contributed by atoms with Crippen LogP contribution in [0.2, 0.25) is 0 Å². The maximum atomic E-state index is 12.1. The number of aromatic amines is 1. The Hall–Kier alpha value is -2.37. The van der Waals surface area contributed by atoms with Crippen molar-refractivity contribution in [3.63, 3.8) is 0 Å². The lowest BCUT2D eigenvalue weighted by Crippen LogP contribution is -2.36. The molecule has 1 aromatic heterocycles. The summed E-state index contributed by atoms with van der Waals surface area (Å²) in [5.74, 6) is -0.636. The molecule has 2 aromatic rings. The van der Waals surface area contributed by atoms with Crippen LogP contribution in [0.1, 0.15) is 42.6 Å². The fourth-order valence-corrected chi connectivity index (χ4v) is 2.93. The predicted molar refractivity (Wildman–Crippen MR) is 77.8 cm³/mol. The fourth-order valence-electron chi connectivity index (χ4n) is 2.93. The number of benzene rings is 1. The molecule has 0 bridgehead atoms. The lowest BCUT2D eigenvalue weighted by Gasteiger charge is -2.10.